The highest BCUT2D eigenvalue weighted by Crippen LogP contribution is 2.26. The number of nitrogens with one attached hydrogen (secondary N) is 1. The largest absolute Gasteiger partial charge is 0.376 e. The minimum atomic E-state index is -3.60. The summed E-state index contributed by atoms with van der Waals surface area (Å²) in [5.41, 5.74) is 0.880. The van der Waals surface area contributed by atoms with Crippen molar-refractivity contribution in [1.82, 2.24) is 4.31 Å². The summed E-state index contributed by atoms with van der Waals surface area (Å²) in [7, 11) is -3.60. The molecule has 0 bridgehead atoms. The first-order valence-electron chi connectivity index (χ1n) is 9.09. The van der Waals surface area contributed by atoms with Crippen molar-refractivity contribution in [3.63, 3.8) is 0 Å². The maximum Gasteiger partial charge on any atom is 0.243 e. The lowest BCUT2D eigenvalue weighted by Gasteiger charge is -2.29. The van der Waals surface area contributed by atoms with E-state index < -0.39 is 10.0 Å². The SMILES string of the molecule is CC1CCN(S(=O)(=O)c2cccc(C(=O)CNc3cc(Cl)ccc3Cl)c2)CC1. The monoisotopic (exact) mass is 440 g/mol. The predicted octanol–water partition coefficient (Wildman–Crippen LogP) is 4.71. The number of sulfonamides is 1. The van der Waals surface area contributed by atoms with E-state index in [4.69, 9.17) is 23.2 Å². The maximum atomic E-state index is 12.9. The Labute approximate surface area is 175 Å². The summed E-state index contributed by atoms with van der Waals surface area (Å²) < 4.78 is 27.3. The highest BCUT2D eigenvalue weighted by Gasteiger charge is 2.28. The molecule has 2 aromatic carbocycles. The fraction of sp³-hybridized carbons (Fsp3) is 0.350. The van der Waals surface area contributed by atoms with E-state index in [-0.39, 0.29) is 17.2 Å². The van der Waals surface area contributed by atoms with Crippen LogP contribution in [0, 0.1) is 5.92 Å². The van der Waals surface area contributed by atoms with Gasteiger partial charge in [0.05, 0.1) is 22.2 Å². The van der Waals surface area contributed by atoms with Gasteiger partial charge in [-0.25, -0.2) is 8.42 Å². The zero-order valence-corrected chi connectivity index (χ0v) is 17.8. The van der Waals surface area contributed by atoms with E-state index in [0.717, 1.165) is 12.8 Å². The molecule has 5 nitrogen and oxygen atoms in total. The molecule has 0 atom stereocenters. The molecule has 8 heteroatoms. The Bertz CT molecular complexity index is 971. The molecular weight excluding hydrogens is 419 g/mol. The van der Waals surface area contributed by atoms with Crippen LogP contribution in [0.2, 0.25) is 10.0 Å². The first-order valence-corrected chi connectivity index (χ1v) is 11.3. The molecule has 0 aliphatic carbocycles. The zero-order chi connectivity index (χ0) is 20.3. The van der Waals surface area contributed by atoms with E-state index in [9.17, 15) is 13.2 Å². The fourth-order valence-electron chi connectivity index (χ4n) is 3.11. The van der Waals surface area contributed by atoms with E-state index in [0.29, 0.717) is 40.3 Å². The second-order valence-electron chi connectivity index (χ2n) is 7.02. The number of anilines is 1. The standard InChI is InChI=1S/C20H22Cl2N2O3S/c1-14-7-9-24(10-8-14)28(26,27)17-4-2-3-15(11-17)20(25)13-23-19-12-16(21)5-6-18(19)22/h2-6,11-12,14,23H,7-10,13H2,1H3. The lowest BCUT2D eigenvalue weighted by Crippen LogP contribution is -2.37. The lowest BCUT2D eigenvalue weighted by molar-refractivity contribution is 0.101. The van der Waals surface area contributed by atoms with Gasteiger partial charge in [-0.2, -0.15) is 4.31 Å². The normalized spacial score (nSPS) is 16.1. The molecule has 1 N–H and O–H groups in total. The van der Waals surface area contributed by atoms with Crippen LogP contribution >= 0.6 is 23.2 Å². The zero-order valence-electron chi connectivity index (χ0n) is 15.5. The van der Waals surface area contributed by atoms with E-state index in [2.05, 4.69) is 12.2 Å². The van der Waals surface area contributed by atoms with Gasteiger partial charge in [0.1, 0.15) is 0 Å². The Hall–Kier alpha value is -1.60. The summed E-state index contributed by atoms with van der Waals surface area (Å²) in [5.74, 6) is 0.295. The Morgan fingerprint density at radius 1 is 1.14 bits per heavy atom. The molecule has 0 unspecified atom stereocenters. The number of piperidine rings is 1. The molecule has 1 aliphatic rings. The van der Waals surface area contributed by atoms with Crippen LogP contribution in [0.15, 0.2) is 47.4 Å². The molecule has 0 radical (unpaired) electrons. The van der Waals surface area contributed by atoms with Crippen molar-refractivity contribution in [2.45, 2.75) is 24.7 Å². The maximum absolute atomic E-state index is 12.9. The smallest absolute Gasteiger partial charge is 0.243 e. The van der Waals surface area contributed by atoms with Gasteiger partial charge in [0.15, 0.2) is 5.78 Å². The van der Waals surface area contributed by atoms with Gasteiger partial charge >= 0.3 is 0 Å². The number of hydrogen-bond acceptors (Lipinski definition) is 4. The molecule has 0 spiro atoms. The quantitative estimate of drug-likeness (QED) is 0.660. The summed E-state index contributed by atoms with van der Waals surface area (Å²) in [4.78, 5) is 12.7. The van der Waals surface area contributed by atoms with Gasteiger partial charge in [-0.1, -0.05) is 42.3 Å². The van der Waals surface area contributed by atoms with Crippen LogP contribution in [0.1, 0.15) is 30.1 Å². The molecule has 1 heterocycles. The van der Waals surface area contributed by atoms with Crippen LogP contribution in [-0.2, 0) is 10.0 Å². The number of ketones is 1. The Morgan fingerprint density at radius 3 is 2.57 bits per heavy atom. The highest BCUT2D eigenvalue weighted by atomic mass is 35.5. The first-order chi connectivity index (χ1) is 13.3. The number of hydrogen-bond donors (Lipinski definition) is 1. The number of Topliss-reactive ketones (excluding diaryl/α,β-unsaturated/α-hetero) is 1. The minimum Gasteiger partial charge on any atom is -0.376 e. The molecule has 0 aromatic heterocycles. The van der Waals surface area contributed by atoms with Crippen molar-refractivity contribution in [3.8, 4) is 0 Å². The van der Waals surface area contributed by atoms with E-state index in [1.165, 1.54) is 16.4 Å². The van der Waals surface area contributed by atoms with Gasteiger partial charge in [0.2, 0.25) is 10.0 Å². The van der Waals surface area contributed by atoms with Crippen molar-refractivity contribution in [2.24, 2.45) is 5.92 Å². The van der Waals surface area contributed by atoms with Crippen molar-refractivity contribution in [2.75, 3.05) is 25.0 Å². The number of carbonyl (C=O) groups is 1. The molecule has 1 fully saturated rings. The molecule has 1 saturated heterocycles. The van der Waals surface area contributed by atoms with Gasteiger partial charge in [-0.05, 0) is 49.1 Å². The van der Waals surface area contributed by atoms with Crippen LogP contribution < -0.4 is 5.32 Å². The van der Waals surface area contributed by atoms with E-state index in [1.54, 1.807) is 30.3 Å². The van der Waals surface area contributed by atoms with Gasteiger partial charge in [-0.15, -0.1) is 0 Å². The molecule has 1 aliphatic heterocycles. The fourth-order valence-corrected chi connectivity index (χ4v) is 4.99. The molecule has 2 aromatic rings. The van der Waals surface area contributed by atoms with Crippen molar-refractivity contribution < 1.29 is 13.2 Å². The minimum absolute atomic E-state index is 0.0230. The van der Waals surface area contributed by atoms with Crippen LogP contribution in [0.5, 0.6) is 0 Å². The van der Waals surface area contributed by atoms with Crippen LogP contribution in [-0.4, -0.2) is 38.1 Å². The number of nitrogens with zero attached hydrogens (tertiary/aromatic N) is 1. The lowest BCUT2D eigenvalue weighted by atomic mass is 10.0. The third-order valence-corrected chi connectivity index (χ3v) is 7.36. The van der Waals surface area contributed by atoms with Crippen LogP contribution in [0.3, 0.4) is 0 Å². The Kier molecular flexibility index (Phi) is 6.65. The van der Waals surface area contributed by atoms with Crippen molar-refractivity contribution in [1.29, 1.82) is 0 Å². The van der Waals surface area contributed by atoms with E-state index >= 15 is 0 Å². The van der Waals surface area contributed by atoms with Gasteiger partial charge in [0.25, 0.3) is 0 Å². The highest BCUT2D eigenvalue weighted by molar-refractivity contribution is 7.89. The topological polar surface area (TPSA) is 66.5 Å². The van der Waals surface area contributed by atoms with Gasteiger partial charge in [0, 0.05) is 23.7 Å². The molecule has 0 amide bonds. The molecule has 28 heavy (non-hydrogen) atoms. The second kappa shape index (κ2) is 8.82. The Morgan fingerprint density at radius 2 is 1.86 bits per heavy atom. The number of carbonyl (C=O) groups excluding carboxylic acids is 1. The molecular formula is C20H22Cl2N2O3S. The third-order valence-electron chi connectivity index (χ3n) is 4.90. The van der Waals surface area contributed by atoms with Crippen molar-refractivity contribution >= 4 is 44.7 Å². The molecule has 3 rings (SSSR count). The molecule has 0 saturated carbocycles. The average Bonchev–Trinajstić information content (AvgIpc) is 2.69. The summed E-state index contributed by atoms with van der Waals surface area (Å²) in [5, 5.41) is 3.91. The Balaban J connectivity index is 1.73. The second-order valence-corrected chi connectivity index (χ2v) is 9.80. The number of benzene rings is 2. The number of rotatable bonds is 6. The first kappa shape index (κ1) is 21.1. The van der Waals surface area contributed by atoms with Crippen LogP contribution in [0.4, 0.5) is 5.69 Å². The summed E-state index contributed by atoms with van der Waals surface area (Å²) in [6, 6.07) is 11.1. The van der Waals surface area contributed by atoms with E-state index in [1.807, 2.05) is 0 Å². The third kappa shape index (κ3) is 4.87. The molecule has 150 valence electrons. The number of halogens is 2. The summed E-state index contributed by atoms with van der Waals surface area (Å²) >= 11 is 12.0. The van der Waals surface area contributed by atoms with Gasteiger partial charge < -0.3 is 5.32 Å². The van der Waals surface area contributed by atoms with Crippen molar-refractivity contribution in [3.05, 3.63) is 58.1 Å². The average molecular weight is 441 g/mol. The van der Waals surface area contributed by atoms with Crippen LogP contribution in [0.25, 0.3) is 0 Å². The predicted molar refractivity (Wildman–Crippen MR) is 113 cm³/mol. The van der Waals surface area contributed by atoms with Gasteiger partial charge in [-0.3, -0.25) is 4.79 Å². The summed E-state index contributed by atoms with van der Waals surface area (Å²) in [6.07, 6.45) is 1.70. The summed E-state index contributed by atoms with van der Waals surface area (Å²) in [6.45, 7) is 3.13.